The van der Waals surface area contributed by atoms with Crippen LogP contribution in [-0.2, 0) is 0 Å². The highest BCUT2D eigenvalue weighted by molar-refractivity contribution is 7.99. The van der Waals surface area contributed by atoms with Gasteiger partial charge in [-0.25, -0.2) is 0 Å². The van der Waals surface area contributed by atoms with Gasteiger partial charge >= 0.3 is 0 Å². The quantitative estimate of drug-likeness (QED) is 0.598. The number of benzene rings is 1. The lowest BCUT2D eigenvalue weighted by atomic mass is 9.99. The second-order valence-corrected chi connectivity index (χ2v) is 6.25. The summed E-state index contributed by atoms with van der Waals surface area (Å²) in [6, 6.07) is 10.6. The lowest BCUT2D eigenvalue weighted by molar-refractivity contribution is 0.351. The molecule has 1 saturated carbocycles. The first kappa shape index (κ1) is 12.0. The molecule has 1 fully saturated rings. The lowest BCUT2D eigenvalue weighted by Gasteiger charge is -2.26. The van der Waals surface area contributed by atoms with Gasteiger partial charge in [0.2, 0.25) is 0 Å². The van der Waals surface area contributed by atoms with E-state index >= 15 is 0 Å². The monoisotopic (exact) mass is 235 g/mol. The molecule has 0 aromatic heterocycles. The first-order valence-electron chi connectivity index (χ1n) is 6.11. The van der Waals surface area contributed by atoms with Gasteiger partial charge in [0.25, 0.3) is 0 Å². The summed E-state index contributed by atoms with van der Waals surface area (Å²) in [7, 11) is 0. The van der Waals surface area contributed by atoms with Crippen LogP contribution >= 0.6 is 11.8 Å². The highest BCUT2D eigenvalue weighted by Crippen LogP contribution is 2.39. The van der Waals surface area contributed by atoms with Crippen molar-refractivity contribution in [3.8, 4) is 0 Å². The maximum atomic E-state index is 3.67. The van der Waals surface area contributed by atoms with Crippen LogP contribution in [0.4, 0.5) is 0 Å². The van der Waals surface area contributed by atoms with E-state index in [-0.39, 0.29) is 0 Å². The minimum absolute atomic E-state index is 0.344. The average Bonchev–Trinajstić information content (AvgIpc) is 3.10. The molecule has 1 N–H and O–H groups in total. The van der Waals surface area contributed by atoms with E-state index in [4.69, 9.17) is 0 Å². The topological polar surface area (TPSA) is 12.0 Å². The fourth-order valence-electron chi connectivity index (χ4n) is 2.01. The van der Waals surface area contributed by atoms with Crippen LogP contribution in [0.1, 0.15) is 26.7 Å². The molecular weight excluding hydrogens is 214 g/mol. The number of hydrogen-bond acceptors (Lipinski definition) is 2. The molecule has 1 aromatic rings. The molecule has 2 heteroatoms. The molecule has 0 amide bonds. The predicted molar refractivity (Wildman–Crippen MR) is 72.0 cm³/mol. The summed E-state index contributed by atoms with van der Waals surface area (Å²) in [5.41, 5.74) is 0.344. The Hall–Kier alpha value is -0.470. The van der Waals surface area contributed by atoms with Crippen LogP contribution in [0.25, 0.3) is 0 Å². The fraction of sp³-hybridized carbons (Fsp3) is 0.571. The molecule has 0 aliphatic heterocycles. The first-order chi connectivity index (χ1) is 7.68. The fourth-order valence-corrected chi connectivity index (χ4v) is 2.80. The highest BCUT2D eigenvalue weighted by Gasteiger charge is 2.36. The Labute approximate surface area is 103 Å². The molecule has 1 nitrogen and oxygen atoms in total. The summed E-state index contributed by atoms with van der Waals surface area (Å²) < 4.78 is 0. The van der Waals surface area contributed by atoms with Crippen LogP contribution in [0.15, 0.2) is 35.2 Å². The van der Waals surface area contributed by atoms with E-state index in [2.05, 4.69) is 49.5 Å². The van der Waals surface area contributed by atoms with Crippen molar-refractivity contribution in [3.05, 3.63) is 30.3 Å². The molecule has 1 aliphatic carbocycles. The van der Waals surface area contributed by atoms with Crippen molar-refractivity contribution in [2.45, 2.75) is 37.1 Å². The minimum Gasteiger partial charge on any atom is -0.311 e. The van der Waals surface area contributed by atoms with E-state index < -0.39 is 0 Å². The molecule has 0 spiro atoms. The smallest absolute Gasteiger partial charge is 0.0153 e. The molecule has 0 atom stereocenters. The summed E-state index contributed by atoms with van der Waals surface area (Å²) in [5.74, 6) is 2.06. The Morgan fingerprint density at radius 2 is 1.94 bits per heavy atom. The van der Waals surface area contributed by atoms with E-state index in [0.717, 1.165) is 18.2 Å². The van der Waals surface area contributed by atoms with Crippen molar-refractivity contribution in [2.24, 2.45) is 5.92 Å². The van der Waals surface area contributed by atoms with E-state index in [1.54, 1.807) is 0 Å². The Morgan fingerprint density at radius 3 is 2.56 bits per heavy atom. The third-order valence-corrected chi connectivity index (χ3v) is 4.31. The second kappa shape index (κ2) is 5.24. The van der Waals surface area contributed by atoms with Crippen LogP contribution in [0, 0.1) is 5.92 Å². The third kappa shape index (κ3) is 3.53. The van der Waals surface area contributed by atoms with Crippen molar-refractivity contribution in [3.63, 3.8) is 0 Å². The van der Waals surface area contributed by atoms with Gasteiger partial charge in [-0.15, -0.1) is 11.8 Å². The zero-order valence-corrected chi connectivity index (χ0v) is 11.0. The van der Waals surface area contributed by atoms with Gasteiger partial charge in [-0.3, -0.25) is 0 Å². The largest absolute Gasteiger partial charge is 0.311 e. The molecule has 2 rings (SSSR count). The van der Waals surface area contributed by atoms with Gasteiger partial charge in [-0.1, -0.05) is 18.2 Å². The minimum atomic E-state index is 0.344. The zero-order chi connectivity index (χ0) is 11.4. The standard InChI is InChI=1S/C14H21NS/c1-14(2,12-8-9-12)15-10-11-16-13-6-4-3-5-7-13/h3-7,12,15H,8-11H2,1-2H3. The van der Waals surface area contributed by atoms with Crippen molar-refractivity contribution >= 4 is 11.8 Å². The summed E-state index contributed by atoms with van der Waals surface area (Å²) >= 11 is 1.93. The van der Waals surface area contributed by atoms with Gasteiger partial charge in [0.15, 0.2) is 0 Å². The average molecular weight is 235 g/mol. The molecule has 0 radical (unpaired) electrons. The first-order valence-corrected chi connectivity index (χ1v) is 7.10. The molecule has 0 saturated heterocycles. The van der Waals surface area contributed by atoms with E-state index in [1.165, 1.54) is 17.7 Å². The molecule has 0 heterocycles. The molecule has 16 heavy (non-hydrogen) atoms. The summed E-state index contributed by atoms with van der Waals surface area (Å²) in [4.78, 5) is 1.37. The summed E-state index contributed by atoms with van der Waals surface area (Å²) in [6.07, 6.45) is 2.82. The van der Waals surface area contributed by atoms with Crippen LogP contribution in [-0.4, -0.2) is 17.8 Å². The van der Waals surface area contributed by atoms with Crippen LogP contribution in [0.5, 0.6) is 0 Å². The van der Waals surface area contributed by atoms with Crippen LogP contribution < -0.4 is 5.32 Å². The van der Waals surface area contributed by atoms with Gasteiger partial charge in [0, 0.05) is 22.7 Å². The van der Waals surface area contributed by atoms with E-state index in [0.29, 0.717) is 5.54 Å². The normalized spacial score (nSPS) is 16.4. The lowest BCUT2D eigenvalue weighted by Crippen LogP contribution is -2.42. The van der Waals surface area contributed by atoms with Gasteiger partial charge in [-0.2, -0.15) is 0 Å². The Balaban J connectivity index is 1.65. The van der Waals surface area contributed by atoms with Gasteiger partial charge in [-0.05, 0) is 44.7 Å². The van der Waals surface area contributed by atoms with Crippen molar-refractivity contribution in [2.75, 3.05) is 12.3 Å². The number of nitrogens with one attached hydrogen (secondary N) is 1. The summed E-state index contributed by atoms with van der Waals surface area (Å²) in [5, 5.41) is 3.67. The Bertz CT molecular complexity index is 317. The molecular formula is C14H21NS. The Morgan fingerprint density at radius 1 is 1.25 bits per heavy atom. The molecule has 88 valence electrons. The molecule has 0 bridgehead atoms. The number of hydrogen-bond donors (Lipinski definition) is 1. The van der Waals surface area contributed by atoms with Crippen molar-refractivity contribution < 1.29 is 0 Å². The predicted octanol–water partition coefficient (Wildman–Crippen LogP) is 3.56. The van der Waals surface area contributed by atoms with Gasteiger partial charge in [0.1, 0.15) is 0 Å². The SMILES string of the molecule is CC(C)(NCCSc1ccccc1)C1CC1. The maximum absolute atomic E-state index is 3.67. The molecule has 1 aromatic carbocycles. The van der Waals surface area contributed by atoms with Crippen LogP contribution in [0.3, 0.4) is 0 Å². The highest BCUT2D eigenvalue weighted by atomic mass is 32.2. The zero-order valence-electron chi connectivity index (χ0n) is 10.2. The van der Waals surface area contributed by atoms with Gasteiger partial charge < -0.3 is 5.32 Å². The molecule has 1 aliphatic rings. The van der Waals surface area contributed by atoms with Crippen molar-refractivity contribution in [1.82, 2.24) is 5.32 Å². The van der Waals surface area contributed by atoms with E-state index in [9.17, 15) is 0 Å². The van der Waals surface area contributed by atoms with Crippen molar-refractivity contribution in [1.29, 1.82) is 0 Å². The number of thioether (sulfide) groups is 1. The maximum Gasteiger partial charge on any atom is 0.0153 e. The summed E-state index contributed by atoms with van der Waals surface area (Å²) in [6.45, 7) is 5.76. The van der Waals surface area contributed by atoms with Crippen LogP contribution in [0.2, 0.25) is 0 Å². The number of rotatable bonds is 6. The van der Waals surface area contributed by atoms with Gasteiger partial charge in [0.05, 0.1) is 0 Å². The molecule has 0 unspecified atom stereocenters. The third-order valence-electron chi connectivity index (χ3n) is 3.29. The van der Waals surface area contributed by atoms with E-state index in [1.807, 2.05) is 11.8 Å². The Kier molecular flexibility index (Phi) is 3.93. The second-order valence-electron chi connectivity index (χ2n) is 5.08.